The van der Waals surface area contributed by atoms with E-state index in [0.29, 0.717) is 48.9 Å². The van der Waals surface area contributed by atoms with Crippen LogP contribution in [0.1, 0.15) is 74.5 Å². The van der Waals surface area contributed by atoms with Crippen LogP contribution in [0.15, 0.2) is 97.1 Å². The summed E-state index contributed by atoms with van der Waals surface area (Å²) in [5, 5.41) is 43.2. The number of carbonyl (C=O) groups excluding carboxylic acids is 9. The van der Waals surface area contributed by atoms with E-state index in [1.54, 1.807) is 36.4 Å². The average molecular weight is 1090 g/mol. The normalized spacial score (nSPS) is 20.5. The lowest BCUT2D eigenvalue weighted by Crippen LogP contribution is -2.60. The van der Waals surface area contributed by atoms with Gasteiger partial charge in [0.25, 0.3) is 0 Å². The average Bonchev–Trinajstić information content (AvgIpc) is 3.44. The molecular formula is C55H74N14O10. The quantitative estimate of drug-likeness (QED) is 0.0257. The third kappa shape index (κ3) is 20.7. The molecule has 4 aromatic rings. The second-order valence-corrected chi connectivity index (χ2v) is 19.4. The van der Waals surface area contributed by atoms with Gasteiger partial charge in [-0.15, -0.1) is 0 Å². The van der Waals surface area contributed by atoms with E-state index < -0.39 is 108 Å². The Labute approximate surface area is 458 Å². The Bertz CT molecular complexity index is 2750. The third-order valence-electron chi connectivity index (χ3n) is 13.1. The van der Waals surface area contributed by atoms with Gasteiger partial charge in [-0.05, 0) is 104 Å². The fourth-order valence-electron chi connectivity index (χ4n) is 8.83. The molecule has 1 saturated heterocycles. The van der Waals surface area contributed by atoms with Crippen LogP contribution >= 0.6 is 0 Å². The highest BCUT2D eigenvalue weighted by atomic mass is 16.3. The van der Waals surface area contributed by atoms with Gasteiger partial charge in [0.15, 0.2) is 5.96 Å². The standard InChI is InChI=1S/C55H74N14O10/c56-24-8-6-15-39(48(58)73)65-54(79)45-31-46(71)63-43(28-33-11-2-1-3-12-33)52(77)69-44(29-34-19-22-38(70)23-20-34)53(78)67-40(16-7-9-25-57)50(75)66-41(17-10-26-61-55(59)60)51(76)68-42(49(74)62-32-47(72)64-45)30-35-18-21-36-13-4-5-14-37(36)27-35/h1-5,11-14,18-23,27,39-45,70H,6-10,15-17,24-26,28-32,56-57H2,(H2,58,73)(H,62,74)(H,63,71)(H,64,72)(H,65,79)(H,66,75)(H,67,78)(H,68,76)(H,69,77)(H4,59,60,61)/t39-,40-,41+,42-,43-,44-,45?/m0/s1. The van der Waals surface area contributed by atoms with Gasteiger partial charge in [-0.2, -0.15) is 0 Å². The summed E-state index contributed by atoms with van der Waals surface area (Å²) in [6, 6.07) is 17.4. The maximum Gasteiger partial charge on any atom is 0.243 e. The van der Waals surface area contributed by atoms with Crippen LogP contribution in [-0.4, -0.2) is 133 Å². The van der Waals surface area contributed by atoms with E-state index in [0.717, 1.165) is 10.8 Å². The Hall–Kier alpha value is -8.64. The summed E-state index contributed by atoms with van der Waals surface area (Å²) < 4.78 is 0. The lowest BCUT2D eigenvalue weighted by molar-refractivity contribution is -0.136. The summed E-state index contributed by atoms with van der Waals surface area (Å²) in [6.07, 6.45) is 0.657. The molecule has 19 N–H and O–H groups in total. The molecule has 4 aromatic carbocycles. The Morgan fingerprint density at radius 3 is 1.71 bits per heavy atom. The van der Waals surface area contributed by atoms with Gasteiger partial charge in [-0.3, -0.25) is 48.6 Å². The first kappa shape index (κ1) is 61.2. The number of aromatic hydroxyl groups is 1. The van der Waals surface area contributed by atoms with Crippen LogP contribution in [0.25, 0.3) is 10.8 Å². The van der Waals surface area contributed by atoms with E-state index in [1.165, 1.54) is 24.3 Å². The van der Waals surface area contributed by atoms with Crippen molar-refractivity contribution in [3.63, 3.8) is 0 Å². The largest absolute Gasteiger partial charge is 0.508 e. The molecule has 0 spiro atoms. The van der Waals surface area contributed by atoms with Gasteiger partial charge in [0, 0.05) is 25.8 Å². The van der Waals surface area contributed by atoms with E-state index >= 15 is 0 Å². The van der Waals surface area contributed by atoms with Crippen LogP contribution in [0.5, 0.6) is 5.75 Å². The summed E-state index contributed by atoms with van der Waals surface area (Å²) >= 11 is 0. The number of carbonyl (C=O) groups is 9. The number of guanidine groups is 1. The molecule has 1 aliphatic heterocycles. The molecule has 7 atom stereocenters. The van der Waals surface area contributed by atoms with Crippen molar-refractivity contribution in [3.8, 4) is 5.75 Å². The maximum atomic E-state index is 14.7. The van der Waals surface area contributed by atoms with E-state index in [1.807, 2.05) is 36.4 Å². The smallest absolute Gasteiger partial charge is 0.243 e. The number of hydrogen-bond donors (Lipinski definition) is 15. The lowest BCUT2D eigenvalue weighted by Gasteiger charge is -2.28. The van der Waals surface area contributed by atoms with Gasteiger partial charge in [-0.25, -0.2) is 0 Å². The first-order chi connectivity index (χ1) is 37.9. The number of fused-ring (bicyclic) bond motifs is 1. The third-order valence-corrected chi connectivity index (χ3v) is 13.1. The number of amides is 9. The number of phenols is 1. The molecule has 1 aliphatic rings. The molecule has 1 fully saturated rings. The van der Waals surface area contributed by atoms with Crippen LogP contribution in [-0.2, 0) is 62.4 Å². The zero-order valence-corrected chi connectivity index (χ0v) is 44.0. The van der Waals surface area contributed by atoms with Crippen molar-refractivity contribution < 1.29 is 48.3 Å². The van der Waals surface area contributed by atoms with Crippen LogP contribution in [0.4, 0.5) is 0 Å². The van der Waals surface area contributed by atoms with Crippen LogP contribution in [0.3, 0.4) is 0 Å². The number of nitrogens with two attached hydrogens (primary N) is 4. The minimum Gasteiger partial charge on any atom is -0.508 e. The van der Waals surface area contributed by atoms with Crippen molar-refractivity contribution in [1.82, 2.24) is 47.9 Å². The predicted octanol–water partition coefficient (Wildman–Crippen LogP) is -1.51. The number of primary amides is 1. The minimum atomic E-state index is -1.72. The second-order valence-electron chi connectivity index (χ2n) is 19.4. The first-order valence-corrected chi connectivity index (χ1v) is 26.4. The van der Waals surface area contributed by atoms with Crippen molar-refractivity contribution in [2.45, 2.75) is 119 Å². The number of hydrogen-bond acceptors (Lipinski definition) is 13. The summed E-state index contributed by atoms with van der Waals surface area (Å²) in [5.41, 5.74) is 24.3. The van der Waals surface area contributed by atoms with E-state index in [4.69, 9.17) is 28.3 Å². The van der Waals surface area contributed by atoms with Gasteiger partial charge in [0.2, 0.25) is 53.2 Å². The zero-order valence-electron chi connectivity index (χ0n) is 44.0. The number of nitrogens with one attached hydrogen (secondary N) is 10. The van der Waals surface area contributed by atoms with Gasteiger partial charge in [-0.1, -0.05) is 84.9 Å². The van der Waals surface area contributed by atoms with E-state index in [-0.39, 0.29) is 69.7 Å². The van der Waals surface area contributed by atoms with Crippen LogP contribution in [0, 0.1) is 5.41 Å². The minimum absolute atomic E-state index is 0.0270. The molecule has 0 radical (unpaired) electrons. The highest BCUT2D eigenvalue weighted by Crippen LogP contribution is 2.18. The summed E-state index contributed by atoms with van der Waals surface area (Å²) in [6.45, 7) is -0.125. The molecule has 1 heterocycles. The topological polar surface area (TPSA) is 410 Å². The molecule has 24 heteroatoms. The van der Waals surface area contributed by atoms with Gasteiger partial charge < -0.3 is 75.9 Å². The van der Waals surface area contributed by atoms with Gasteiger partial charge in [0.05, 0.1) is 13.0 Å². The maximum absolute atomic E-state index is 14.7. The molecule has 79 heavy (non-hydrogen) atoms. The highest BCUT2D eigenvalue weighted by molar-refractivity contribution is 5.99. The van der Waals surface area contributed by atoms with Gasteiger partial charge >= 0.3 is 0 Å². The molecular weight excluding hydrogens is 1020 g/mol. The van der Waals surface area contributed by atoms with Crippen LogP contribution < -0.4 is 70.8 Å². The highest BCUT2D eigenvalue weighted by Gasteiger charge is 2.35. The molecule has 9 amide bonds. The monoisotopic (exact) mass is 1090 g/mol. The van der Waals surface area contributed by atoms with Crippen molar-refractivity contribution in [1.29, 1.82) is 5.41 Å². The number of phenolic OH excluding ortho intramolecular Hbond substituents is 1. The molecule has 424 valence electrons. The van der Waals surface area contributed by atoms with Crippen molar-refractivity contribution in [2.24, 2.45) is 22.9 Å². The fourth-order valence-corrected chi connectivity index (χ4v) is 8.83. The number of unbranched alkanes of at least 4 members (excludes halogenated alkanes) is 2. The van der Waals surface area contributed by atoms with Gasteiger partial charge in [0.1, 0.15) is 48.0 Å². The molecule has 0 saturated carbocycles. The molecule has 24 nitrogen and oxygen atoms in total. The molecule has 0 aromatic heterocycles. The fraction of sp³-hybridized carbons (Fsp3) is 0.418. The van der Waals surface area contributed by atoms with Crippen molar-refractivity contribution in [3.05, 3.63) is 114 Å². The Balaban J connectivity index is 1.59. The zero-order chi connectivity index (χ0) is 57.3. The van der Waals surface area contributed by atoms with E-state index in [2.05, 4.69) is 47.9 Å². The first-order valence-electron chi connectivity index (χ1n) is 26.4. The molecule has 0 aliphatic carbocycles. The van der Waals surface area contributed by atoms with E-state index in [9.17, 15) is 48.3 Å². The molecule has 5 rings (SSSR count). The summed E-state index contributed by atoms with van der Waals surface area (Å²) in [4.78, 5) is 127. The van der Waals surface area contributed by atoms with Crippen LogP contribution in [0.2, 0.25) is 0 Å². The summed E-state index contributed by atoms with van der Waals surface area (Å²) in [7, 11) is 0. The Kier molecular flexibility index (Phi) is 24.4. The second kappa shape index (κ2) is 31.5. The summed E-state index contributed by atoms with van der Waals surface area (Å²) in [5.74, 6) is -8.36. The molecule has 0 bridgehead atoms. The predicted molar refractivity (Wildman–Crippen MR) is 295 cm³/mol. The number of benzene rings is 4. The Morgan fingerprint density at radius 1 is 0.570 bits per heavy atom. The number of rotatable bonds is 21. The van der Waals surface area contributed by atoms with Crippen molar-refractivity contribution in [2.75, 3.05) is 26.2 Å². The lowest BCUT2D eigenvalue weighted by atomic mass is 10.00. The molecule has 1 unspecified atom stereocenters. The SMILES string of the molecule is N=C(N)NCCC[C@H]1NC(=O)[C@H](CCCCN)NC(=O)[C@H](Cc2ccc(O)cc2)NC(=O)[C@H](Cc2ccccc2)NC(=O)CC(C(=O)N[C@@H](CCCCN)C(N)=O)NC(=O)CNC(=O)[C@H](Cc2ccc3ccccc3c2)NC1=O. The van der Waals surface area contributed by atoms with Crippen molar-refractivity contribution >= 4 is 69.9 Å². The Morgan fingerprint density at radius 2 is 1.09 bits per heavy atom.